The van der Waals surface area contributed by atoms with E-state index in [0.29, 0.717) is 12.3 Å². The fourth-order valence-corrected chi connectivity index (χ4v) is 5.15. The van der Waals surface area contributed by atoms with Crippen LogP contribution >= 0.6 is 11.8 Å². The van der Waals surface area contributed by atoms with Crippen LogP contribution in [0.2, 0.25) is 0 Å². The molecule has 0 radical (unpaired) electrons. The molecule has 6 heteroatoms. The van der Waals surface area contributed by atoms with Gasteiger partial charge in [0.2, 0.25) is 12.7 Å². The summed E-state index contributed by atoms with van der Waals surface area (Å²) in [4.78, 5) is 16.9. The number of benzene rings is 2. The minimum atomic E-state index is 0.0653. The average molecular weight is 382 g/mol. The molecule has 0 aliphatic carbocycles. The fourth-order valence-electron chi connectivity index (χ4n) is 3.96. The smallest absolute Gasteiger partial charge is 0.234 e. The largest absolute Gasteiger partial charge is 0.454 e. The van der Waals surface area contributed by atoms with Crippen LogP contribution in [0.5, 0.6) is 11.5 Å². The number of anilines is 1. The number of ether oxygens (including phenoxy) is 2. The van der Waals surface area contributed by atoms with E-state index >= 15 is 0 Å². The quantitative estimate of drug-likeness (QED) is 0.805. The zero-order chi connectivity index (χ0) is 18.2. The van der Waals surface area contributed by atoms with Crippen LogP contribution in [0.4, 0.5) is 5.69 Å². The average Bonchev–Trinajstić information content (AvgIpc) is 3.44. The number of hydrogen-bond donors (Lipinski definition) is 0. The highest BCUT2D eigenvalue weighted by atomic mass is 32.2. The minimum absolute atomic E-state index is 0.0653. The summed E-state index contributed by atoms with van der Waals surface area (Å²) in [6.45, 7) is 3.14. The molecule has 0 saturated carbocycles. The molecule has 2 aromatic carbocycles. The van der Waals surface area contributed by atoms with Gasteiger partial charge in [-0.3, -0.25) is 4.79 Å². The van der Waals surface area contributed by atoms with Crippen LogP contribution in [0, 0.1) is 0 Å². The topological polar surface area (TPSA) is 42.0 Å². The molecule has 0 spiro atoms. The summed E-state index contributed by atoms with van der Waals surface area (Å²) in [5.41, 5.74) is 3.54. The first kappa shape index (κ1) is 16.8. The molecule has 1 amide bonds. The molecule has 3 aliphatic rings. The van der Waals surface area contributed by atoms with Crippen molar-refractivity contribution >= 4 is 23.4 Å². The number of carbonyl (C=O) groups excluding carboxylic acids is 1. The molecule has 3 heterocycles. The van der Waals surface area contributed by atoms with Crippen molar-refractivity contribution in [3.8, 4) is 11.5 Å². The Kier molecular flexibility index (Phi) is 4.36. The lowest BCUT2D eigenvalue weighted by atomic mass is 10.1. The van der Waals surface area contributed by atoms with Gasteiger partial charge in [0.25, 0.3) is 0 Å². The molecule has 0 bridgehead atoms. The van der Waals surface area contributed by atoms with Gasteiger partial charge >= 0.3 is 0 Å². The van der Waals surface area contributed by atoms with Crippen molar-refractivity contribution in [3.05, 3.63) is 53.6 Å². The van der Waals surface area contributed by atoms with Crippen LogP contribution < -0.4 is 14.4 Å². The molecule has 5 rings (SSSR count). The van der Waals surface area contributed by atoms with Gasteiger partial charge in [-0.1, -0.05) is 18.2 Å². The predicted molar refractivity (Wildman–Crippen MR) is 106 cm³/mol. The van der Waals surface area contributed by atoms with E-state index in [1.165, 1.54) is 24.1 Å². The van der Waals surface area contributed by atoms with Gasteiger partial charge in [-0.25, -0.2) is 0 Å². The van der Waals surface area contributed by atoms with Gasteiger partial charge in [0, 0.05) is 25.3 Å². The molecule has 2 fully saturated rings. The van der Waals surface area contributed by atoms with Crippen molar-refractivity contribution in [3.63, 3.8) is 0 Å². The maximum atomic E-state index is 12.5. The van der Waals surface area contributed by atoms with Crippen LogP contribution in [0.15, 0.2) is 42.5 Å². The maximum absolute atomic E-state index is 12.5. The highest BCUT2D eigenvalue weighted by molar-refractivity contribution is 8.00. The number of nitrogens with zero attached hydrogens (tertiary/aromatic N) is 2. The van der Waals surface area contributed by atoms with Gasteiger partial charge in [-0.15, -0.1) is 11.8 Å². The van der Waals surface area contributed by atoms with E-state index < -0.39 is 0 Å². The Balaban J connectivity index is 1.34. The van der Waals surface area contributed by atoms with Crippen LogP contribution in [0.3, 0.4) is 0 Å². The summed E-state index contributed by atoms with van der Waals surface area (Å²) in [5, 5.41) is 0.0653. The van der Waals surface area contributed by atoms with Gasteiger partial charge in [-0.2, -0.15) is 0 Å². The van der Waals surface area contributed by atoms with Gasteiger partial charge in [0.15, 0.2) is 11.5 Å². The van der Waals surface area contributed by atoms with Gasteiger partial charge in [0.05, 0.1) is 5.75 Å². The lowest BCUT2D eigenvalue weighted by Gasteiger charge is -2.25. The van der Waals surface area contributed by atoms with Crippen molar-refractivity contribution in [1.29, 1.82) is 0 Å². The van der Waals surface area contributed by atoms with Gasteiger partial charge in [0.1, 0.15) is 5.37 Å². The number of thioether (sulfide) groups is 1. The van der Waals surface area contributed by atoms with Gasteiger partial charge < -0.3 is 19.3 Å². The van der Waals surface area contributed by atoms with Gasteiger partial charge in [-0.05, 0) is 48.2 Å². The van der Waals surface area contributed by atoms with Crippen LogP contribution in [0.1, 0.15) is 29.3 Å². The van der Waals surface area contributed by atoms with Crippen LogP contribution in [-0.2, 0) is 11.3 Å². The van der Waals surface area contributed by atoms with E-state index in [2.05, 4.69) is 29.2 Å². The number of hydrogen-bond acceptors (Lipinski definition) is 5. The third kappa shape index (κ3) is 3.23. The van der Waals surface area contributed by atoms with Crippen molar-refractivity contribution in [1.82, 2.24) is 4.90 Å². The SMILES string of the molecule is O=C1CSC(c2ccc(N3CCCC3)cc2)N1Cc1ccc2c(c1)OCO2. The molecule has 3 aliphatic heterocycles. The monoisotopic (exact) mass is 382 g/mol. The molecular weight excluding hydrogens is 360 g/mol. The Labute approximate surface area is 163 Å². The van der Waals surface area contributed by atoms with Crippen molar-refractivity contribution in [2.24, 2.45) is 0 Å². The number of fused-ring (bicyclic) bond motifs is 1. The Morgan fingerprint density at radius 3 is 2.59 bits per heavy atom. The minimum Gasteiger partial charge on any atom is -0.454 e. The second-order valence-corrected chi connectivity index (χ2v) is 8.23. The molecule has 5 nitrogen and oxygen atoms in total. The predicted octanol–water partition coefficient (Wildman–Crippen LogP) is 3.79. The first-order valence-electron chi connectivity index (χ1n) is 9.42. The van der Waals surface area contributed by atoms with Crippen LogP contribution in [-0.4, -0.2) is 36.4 Å². The summed E-state index contributed by atoms with van der Waals surface area (Å²) >= 11 is 1.70. The number of amides is 1. The first-order chi connectivity index (χ1) is 13.3. The zero-order valence-electron chi connectivity index (χ0n) is 15.1. The summed E-state index contributed by atoms with van der Waals surface area (Å²) in [6.07, 6.45) is 2.55. The lowest BCUT2D eigenvalue weighted by molar-refractivity contribution is -0.128. The highest BCUT2D eigenvalue weighted by Crippen LogP contribution is 2.41. The van der Waals surface area contributed by atoms with E-state index in [-0.39, 0.29) is 18.1 Å². The Morgan fingerprint density at radius 1 is 1.00 bits per heavy atom. The van der Waals surface area contributed by atoms with E-state index in [1.807, 2.05) is 23.1 Å². The molecule has 27 heavy (non-hydrogen) atoms. The Morgan fingerprint density at radius 2 is 1.78 bits per heavy atom. The van der Waals surface area contributed by atoms with E-state index in [1.54, 1.807) is 11.8 Å². The van der Waals surface area contributed by atoms with Crippen LogP contribution in [0.25, 0.3) is 0 Å². The molecule has 2 saturated heterocycles. The molecule has 1 unspecified atom stereocenters. The first-order valence-corrected chi connectivity index (χ1v) is 10.5. The lowest BCUT2D eigenvalue weighted by Crippen LogP contribution is -2.27. The molecular formula is C21H22N2O3S. The van der Waals surface area contributed by atoms with E-state index in [0.717, 1.165) is 30.2 Å². The normalized spacial score (nSPS) is 21.3. The molecule has 0 N–H and O–H groups in total. The molecule has 2 aromatic rings. The zero-order valence-corrected chi connectivity index (χ0v) is 15.9. The maximum Gasteiger partial charge on any atom is 0.234 e. The molecule has 0 aromatic heterocycles. The summed E-state index contributed by atoms with van der Waals surface area (Å²) < 4.78 is 10.8. The third-order valence-corrected chi connectivity index (χ3v) is 6.66. The standard InChI is InChI=1S/C21H22N2O3S/c24-20-13-27-21(16-4-6-17(7-5-16)22-9-1-2-10-22)23(20)12-15-3-8-18-19(11-15)26-14-25-18/h3-8,11,21H,1-2,9-10,12-14H2. The fraction of sp³-hybridized carbons (Fsp3) is 0.381. The van der Waals surface area contributed by atoms with Crippen molar-refractivity contribution in [2.75, 3.05) is 30.5 Å². The Hall–Kier alpha value is -2.34. The summed E-state index contributed by atoms with van der Waals surface area (Å²) in [7, 11) is 0. The second kappa shape index (κ2) is 7.00. The second-order valence-electron chi connectivity index (χ2n) is 7.16. The highest BCUT2D eigenvalue weighted by Gasteiger charge is 2.33. The van der Waals surface area contributed by atoms with Crippen molar-refractivity contribution in [2.45, 2.75) is 24.8 Å². The van der Waals surface area contributed by atoms with E-state index in [4.69, 9.17) is 9.47 Å². The molecule has 1 atom stereocenters. The van der Waals surface area contributed by atoms with Crippen molar-refractivity contribution < 1.29 is 14.3 Å². The summed E-state index contributed by atoms with van der Waals surface area (Å²) in [6, 6.07) is 14.7. The van der Waals surface area contributed by atoms with E-state index in [9.17, 15) is 4.79 Å². The third-order valence-electron chi connectivity index (χ3n) is 5.41. The summed E-state index contributed by atoms with van der Waals surface area (Å²) in [5.74, 6) is 2.25. The number of carbonyl (C=O) groups is 1. The Bertz CT molecular complexity index is 849. The number of rotatable bonds is 4. The molecule has 140 valence electrons.